The van der Waals surface area contributed by atoms with Crippen molar-refractivity contribution in [1.82, 2.24) is 5.32 Å². The maximum absolute atomic E-state index is 12.3. The molecule has 1 aromatic rings. The van der Waals surface area contributed by atoms with Crippen molar-refractivity contribution in [3.63, 3.8) is 0 Å². The van der Waals surface area contributed by atoms with E-state index in [0.29, 0.717) is 0 Å². The number of rotatable bonds is 5. The van der Waals surface area contributed by atoms with Gasteiger partial charge < -0.3 is 10.4 Å². The zero-order chi connectivity index (χ0) is 13.3. The van der Waals surface area contributed by atoms with Crippen LogP contribution < -0.4 is 5.32 Å². The monoisotopic (exact) mass is 277 g/mol. The molecule has 4 heteroatoms. The number of nitrogens with one attached hydrogen (secondary N) is 1. The van der Waals surface area contributed by atoms with Crippen molar-refractivity contribution in [1.29, 1.82) is 0 Å². The van der Waals surface area contributed by atoms with Gasteiger partial charge in [-0.2, -0.15) is 0 Å². The van der Waals surface area contributed by atoms with Crippen LogP contribution in [0, 0.1) is 5.41 Å². The van der Waals surface area contributed by atoms with Gasteiger partial charge in [-0.25, -0.2) is 0 Å². The van der Waals surface area contributed by atoms with Gasteiger partial charge >= 0.3 is 0 Å². The Kier molecular flexibility index (Phi) is 3.54. The lowest BCUT2D eigenvalue weighted by Gasteiger charge is -2.17. The molecule has 1 heterocycles. The highest BCUT2D eigenvalue weighted by Crippen LogP contribution is 2.48. The molecule has 1 aliphatic heterocycles. The highest BCUT2D eigenvalue weighted by molar-refractivity contribution is 7.99. The van der Waals surface area contributed by atoms with E-state index in [-0.39, 0.29) is 23.8 Å². The fourth-order valence-electron chi connectivity index (χ4n) is 2.71. The first-order chi connectivity index (χ1) is 9.24. The summed E-state index contributed by atoms with van der Waals surface area (Å²) in [6.45, 7) is 0.938. The highest BCUT2D eigenvalue weighted by atomic mass is 32.2. The van der Waals surface area contributed by atoms with Crippen LogP contribution in [0.15, 0.2) is 29.2 Å². The van der Waals surface area contributed by atoms with Crippen molar-refractivity contribution >= 4 is 17.7 Å². The molecule has 0 bridgehead atoms. The summed E-state index contributed by atoms with van der Waals surface area (Å²) in [4.78, 5) is 13.5. The van der Waals surface area contributed by atoms with Gasteiger partial charge in [0.1, 0.15) is 0 Å². The summed E-state index contributed by atoms with van der Waals surface area (Å²) in [5.41, 5.74) is 1.35. The first-order valence-electron chi connectivity index (χ1n) is 6.84. The molecule has 1 unspecified atom stereocenters. The summed E-state index contributed by atoms with van der Waals surface area (Å²) in [6.07, 6.45) is 3.07. The number of carbonyl (C=O) groups is 1. The van der Waals surface area contributed by atoms with Gasteiger partial charge in [-0.3, -0.25) is 4.79 Å². The first kappa shape index (κ1) is 13.0. The average molecular weight is 277 g/mol. The lowest BCUT2D eigenvalue weighted by atomic mass is 9.99. The van der Waals surface area contributed by atoms with E-state index in [1.165, 1.54) is 4.90 Å². The Bertz CT molecular complexity index is 485. The van der Waals surface area contributed by atoms with E-state index in [9.17, 15) is 4.79 Å². The number of thioether (sulfide) groups is 1. The summed E-state index contributed by atoms with van der Waals surface area (Å²) in [7, 11) is 0. The summed E-state index contributed by atoms with van der Waals surface area (Å²) in [6, 6.07) is 8.16. The normalized spacial score (nSPS) is 22.9. The molecule has 19 heavy (non-hydrogen) atoms. The molecule has 1 fully saturated rings. The second kappa shape index (κ2) is 5.17. The number of hydrogen-bond acceptors (Lipinski definition) is 3. The minimum absolute atomic E-state index is 0.00822. The number of aliphatic hydroxyl groups is 1. The topological polar surface area (TPSA) is 49.3 Å². The number of carbonyl (C=O) groups excluding carboxylic acids is 1. The Balaban J connectivity index is 1.60. The predicted molar refractivity (Wildman–Crippen MR) is 76.3 cm³/mol. The van der Waals surface area contributed by atoms with Gasteiger partial charge in [-0.05, 0) is 36.3 Å². The van der Waals surface area contributed by atoms with Gasteiger partial charge in [0.15, 0.2) is 0 Å². The van der Waals surface area contributed by atoms with Crippen LogP contribution in [0.5, 0.6) is 0 Å². The first-order valence-corrected chi connectivity index (χ1v) is 7.83. The maximum Gasteiger partial charge on any atom is 0.228 e. The van der Waals surface area contributed by atoms with Crippen molar-refractivity contribution in [3.8, 4) is 0 Å². The highest BCUT2D eigenvalue weighted by Gasteiger charge is 2.42. The fourth-order valence-corrected chi connectivity index (χ4v) is 3.94. The van der Waals surface area contributed by atoms with Gasteiger partial charge in [0.05, 0.1) is 5.92 Å². The molecule has 0 aromatic heterocycles. The summed E-state index contributed by atoms with van der Waals surface area (Å²) in [5, 5.41) is 12.1. The number of amides is 1. The summed E-state index contributed by atoms with van der Waals surface area (Å²) < 4.78 is 0. The van der Waals surface area contributed by atoms with Crippen LogP contribution in [0.3, 0.4) is 0 Å². The third-order valence-electron chi connectivity index (χ3n) is 4.25. The van der Waals surface area contributed by atoms with E-state index in [2.05, 4.69) is 17.4 Å². The number of benzene rings is 1. The second-order valence-corrected chi connectivity index (χ2v) is 6.65. The van der Waals surface area contributed by atoms with E-state index in [0.717, 1.165) is 37.1 Å². The van der Waals surface area contributed by atoms with Crippen molar-refractivity contribution in [2.24, 2.45) is 5.41 Å². The number of fused-ring (bicyclic) bond motifs is 1. The smallest absolute Gasteiger partial charge is 0.228 e. The SMILES string of the molecule is O=C(NCC1(CCO)CC1)C1CSc2ccccc21. The molecular formula is C15H19NO2S. The Morgan fingerprint density at radius 2 is 2.21 bits per heavy atom. The van der Waals surface area contributed by atoms with Crippen LogP contribution in [0.25, 0.3) is 0 Å². The molecule has 3 rings (SSSR count). The Morgan fingerprint density at radius 3 is 2.95 bits per heavy atom. The van der Waals surface area contributed by atoms with Crippen molar-refractivity contribution in [2.45, 2.75) is 30.1 Å². The maximum atomic E-state index is 12.3. The van der Waals surface area contributed by atoms with E-state index >= 15 is 0 Å². The molecule has 1 aliphatic carbocycles. The molecule has 2 aliphatic rings. The van der Waals surface area contributed by atoms with E-state index in [1.54, 1.807) is 11.8 Å². The van der Waals surface area contributed by atoms with Crippen molar-refractivity contribution in [3.05, 3.63) is 29.8 Å². The number of aliphatic hydroxyl groups excluding tert-OH is 1. The lowest BCUT2D eigenvalue weighted by Crippen LogP contribution is -2.34. The van der Waals surface area contributed by atoms with E-state index in [4.69, 9.17) is 5.11 Å². The molecule has 1 saturated carbocycles. The standard InChI is InChI=1S/C15H19NO2S/c17-8-7-15(5-6-15)10-16-14(18)12-9-19-13-4-2-1-3-11(12)13/h1-4,12,17H,5-10H2,(H,16,18). The molecule has 0 radical (unpaired) electrons. The molecule has 2 N–H and O–H groups in total. The van der Waals surface area contributed by atoms with Crippen LogP contribution >= 0.6 is 11.8 Å². The summed E-state index contributed by atoms with van der Waals surface area (Å²) >= 11 is 1.76. The molecule has 1 aromatic carbocycles. The van der Waals surface area contributed by atoms with Crippen molar-refractivity contribution in [2.75, 3.05) is 18.9 Å². The molecule has 1 amide bonds. The van der Waals surface area contributed by atoms with Crippen molar-refractivity contribution < 1.29 is 9.90 Å². The van der Waals surface area contributed by atoms with Gasteiger partial charge in [-0.15, -0.1) is 11.8 Å². The van der Waals surface area contributed by atoms with Crippen LogP contribution in [-0.4, -0.2) is 29.9 Å². The Hall–Kier alpha value is -1.00. The minimum Gasteiger partial charge on any atom is -0.396 e. The quantitative estimate of drug-likeness (QED) is 0.867. The lowest BCUT2D eigenvalue weighted by molar-refractivity contribution is -0.122. The average Bonchev–Trinajstić information content (AvgIpc) is 3.05. The van der Waals surface area contributed by atoms with Gasteiger partial charge in [-0.1, -0.05) is 18.2 Å². The third-order valence-corrected chi connectivity index (χ3v) is 5.44. The van der Waals surface area contributed by atoms with Gasteiger partial charge in [0.25, 0.3) is 0 Å². The molecule has 0 spiro atoms. The second-order valence-electron chi connectivity index (χ2n) is 5.59. The third kappa shape index (κ3) is 2.65. The summed E-state index contributed by atoms with van der Waals surface area (Å²) in [5.74, 6) is 0.978. The zero-order valence-corrected chi connectivity index (χ0v) is 11.7. The molecule has 3 nitrogen and oxygen atoms in total. The van der Waals surface area contributed by atoms with Crippen LogP contribution in [-0.2, 0) is 4.79 Å². The van der Waals surface area contributed by atoms with E-state index < -0.39 is 0 Å². The molecule has 102 valence electrons. The minimum atomic E-state index is -0.00822. The van der Waals surface area contributed by atoms with Crippen LogP contribution in [0.1, 0.15) is 30.7 Å². The van der Waals surface area contributed by atoms with Gasteiger partial charge in [0, 0.05) is 23.8 Å². The van der Waals surface area contributed by atoms with Crippen LogP contribution in [0.4, 0.5) is 0 Å². The largest absolute Gasteiger partial charge is 0.396 e. The number of hydrogen-bond donors (Lipinski definition) is 2. The predicted octanol–water partition coefficient (Wildman–Crippen LogP) is 2.15. The zero-order valence-electron chi connectivity index (χ0n) is 10.9. The molecular weight excluding hydrogens is 258 g/mol. The molecule has 0 saturated heterocycles. The van der Waals surface area contributed by atoms with E-state index in [1.807, 2.05) is 12.1 Å². The van der Waals surface area contributed by atoms with Gasteiger partial charge in [0.2, 0.25) is 5.91 Å². The Labute approximate surface area is 117 Å². The fraction of sp³-hybridized carbons (Fsp3) is 0.533. The van der Waals surface area contributed by atoms with Crippen LogP contribution in [0.2, 0.25) is 0 Å². The Morgan fingerprint density at radius 1 is 1.42 bits per heavy atom. The molecule has 1 atom stereocenters.